The normalized spacial score (nSPS) is 14.8. The van der Waals surface area contributed by atoms with Crippen molar-refractivity contribution in [3.63, 3.8) is 0 Å². The third kappa shape index (κ3) is 3.26. The lowest BCUT2D eigenvalue weighted by atomic mass is 10.0. The van der Waals surface area contributed by atoms with Crippen molar-refractivity contribution >= 4 is 0 Å². The topological polar surface area (TPSA) is 16.1 Å². The fraction of sp³-hybridized carbons (Fsp3) is 0.389. The van der Waals surface area contributed by atoms with Gasteiger partial charge in [-0.05, 0) is 49.9 Å². The number of hydrogen-bond donors (Lipinski definition) is 0. The Bertz CT molecular complexity index is 573. The molecular formula is C18H22N2. The molecule has 1 aromatic carbocycles. The van der Waals surface area contributed by atoms with Crippen LogP contribution in [0.15, 0.2) is 42.6 Å². The van der Waals surface area contributed by atoms with Crippen LogP contribution in [0.4, 0.5) is 0 Å². The van der Waals surface area contributed by atoms with E-state index in [2.05, 4.69) is 54.1 Å². The Balaban J connectivity index is 1.76. The maximum absolute atomic E-state index is 4.47. The van der Waals surface area contributed by atoms with Crippen LogP contribution in [-0.4, -0.2) is 15.9 Å². The highest BCUT2D eigenvalue weighted by Gasteiger charge is 2.29. The van der Waals surface area contributed by atoms with Crippen LogP contribution in [0.2, 0.25) is 0 Å². The van der Waals surface area contributed by atoms with Crippen molar-refractivity contribution in [1.82, 2.24) is 9.88 Å². The average Bonchev–Trinajstić information content (AvgIpc) is 3.28. The first-order valence-electron chi connectivity index (χ1n) is 7.42. The fourth-order valence-corrected chi connectivity index (χ4v) is 2.64. The number of aryl methyl sites for hydroxylation is 2. The van der Waals surface area contributed by atoms with Crippen LogP contribution in [0.25, 0.3) is 0 Å². The molecule has 2 heteroatoms. The van der Waals surface area contributed by atoms with Crippen LogP contribution in [0.1, 0.15) is 35.2 Å². The van der Waals surface area contributed by atoms with Gasteiger partial charge in [0.1, 0.15) is 0 Å². The maximum atomic E-state index is 4.47. The second kappa shape index (κ2) is 5.76. The van der Waals surface area contributed by atoms with E-state index in [1.54, 1.807) is 0 Å². The fourth-order valence-electron chi connectivity index (χ4n) is 2.64. The van der Waals surface area contributed by atoms with E-state index in [1.807, 2.05) is 12.3 Å². The van der Waals surface area contributed by atoms with Crippen molar-refractivity contribution < 1.29 is 0 Å². The van der Waals surface area contributed by atoms with Gasteiger partial charge in [0.25, 0.3) is 0 Å². The molecule has 1 aromatic heterocycles. The number of benzene rings is 1. The summed E-state index contributed by atoms with van der Waals surface area (Å²) in [5, 5.41) is 0. The molecule has 1 heterocycles. The Kier molecular flexibility index (Phi) is 3.83. The summed E-state index contributed by atoms with van der Waals surface area (Å²) in [7, 11) is 0. The van der Waals surface area contributed by atoms with Crippen LogP contribution < -0.4 is 0 Å². The van der Waals surface area contributed by atoms with Gasteiger partial charge in [0.15, 0.2) is 0 Å². The Morgan fingerprint density at radius 3 is 2.65 bits per heavy atom. The zero-order chi connectivity index (χ0) is 13.9. The SMILES string of the molecule is Cc1ccc(C)c(CN(Cc2ccccn2)C2CC2)c1. The highest BCUT2D eigenvalue weighted by molar-refractivity contribution is 5.30. The first-order valence-corrected chi connectivity index (χ1v) is 7.42. The Labute approximate surface area is 121 Å². The summed E-state index contributed by atoms with van der Waals surface area (Å²) in [5.74, 6) is 0. The minimum absolute atomic E-state index is 0.747. The Morgan fingerprint density at radius 2 is 1.95 bits per heavy atom. The molecule has 1 aliphatic carbocycles. The van der Waals surface area contributed by atoms with Crippen molar-refractivity contribution in [3.8, 4) is 0 Å². The molecule has 104 valence electrons. The summed E-state index contributed by atoms with van der Waals surface area (Å²) in [6.07, 6.45) is 4.55. The molecule has 1 fully saturated rings. The molecule has 2 nitrogen and oxygen atoms in total. The predicted molar refractivity (Wildman–Crippen MR) is 82.4 cm³/mol. The second-order valence-electron chi connectivity index (χ2n) is 5.89. The second-order valence-corrected chi connectivity index (χ2v) is 5.89. The Morgan fingerprint density at radius 1 is 1.10 bits per heavy atom. The van der Waals surface area contributed by atoms with Crippen LogP contribution in [0.5, 0.6) is 0 Å². The van der Waals surface area contributed by atoms with E-state index < -0.39 is 0 Å². The molecule has 20 heavy (non-hydrogen) atoms. The molecule has 1 saturated carbocycles. The summed E-state index contributed by atoms with van der Waals surface area (Å²) in [6, 6.07) is 13.7. The molecule has 0 unspecified atom stereocenters. The molecule has 0 bridgehead atoms. The molecular weight excluding hydrogens is 244 g/mol. The van der Waals surface area contributed by atoms with E-state index in [0.29, 0.717) is 0 Å². The van der Waals surface area contributed by atoms with Crippen molar-refractivity contribution in [3.05, 3.63) is 65.0 Å². The lowest BCUT2D eigenvalue weighted by Crippen LogP contribution is -2.26. The molecule has 0 saturated heterocycles. The molecule has 0 N–H and O–H groups in total. The van der Waals surface area contributed by atoms with Gasteiger partial charge < -0.3 is 0 Å². The quantitative estimate of drug-likeness (QED) is 0.817. The van der Waals surface area contributed by atoms with Gasteiger partial charge in [0.05, 0.1) is 5.69 Å². The molecule has 0 amide bonds. The first-order chi connectivity index (χ1) is 9.72. The minimum atomic E-state index is 0.747. The number of aromatic nitrogens is 1. The van der Waals surface area contributed by atoms with Gasteiger partial charge >= 0.3 is 0 Å². The third-order valence-electron chi connectivity index (χ3n) is 4.03. The summed E-state index contributed by atoms with van der Waals surface area (Å²) < 4.78 is 0. The largest absolute Gasteiger partial charge is 0.290 e. The molecule has 1 aliphatic rings. The smallest absolute Gasteiger partial charge is 0.0544 e. The molecule has 0 radical (unpaired) electrons. The van der Waals surface area contributed by atoms with Crippen LogP contribution in [0.3, 0.4) is 0 Å². The highest BCUT2D eigenvalue weighted by atomic mass is 15.2. The molecule has 0 spiro atoms. The zero-order valence-electron chi connectivity index (χ0n) is 12.3. The van der Waals surface area contributed by atoms with Crippen LogP contribution in [0, 0.1) is 13.8 Å². The van der Waals surface area contributed by atoms with E-state index in [-0.39, 0.29) is 0 Å². The lowest BCUT2D eigenvalue weighted by molar-refractivity contribution is 0.242. The van der Waals surface area contributed by atoms with Gasteiger partial charge in [-0.25, -0.2) is 0 Å². The van der Waals surface area contributed by atoms with Crippen LogP contribution >= 0.6 is 0 Å². The molecule has 2 aromatic rings. The van der Waals surface area contributed by atoms with E-state index >= 15 is 0 Å². The number of pyridine rings is 1. The average molecular weight is 266 g/mol. The van der Waals surface area contributed by atoms with Gasteiger partial charge in [0.2, 0.25) is 0 Å². The van der Waals surface area contributed by atoms with Crippen molar-refractivity contribution in [1.29, 1.82) is 0 Å². The van der Waals surface area contributed by atoms with Gasteiger partial charge in [-0.1, -0.05) is 29.8 Å². The zero-order valence-corrected chi connectivity index (χ0v) is 12.3. The van der Waals surface area contributed by atoms with Gasteiger partial charge in [-0.15, -0.1) is 0 Å². The van der Waals surface area contributed by atoms with Crippen molar-refractivity contribution in [2.75, 3.05) is 0 Å². The van der Waals surface area contributed by atoms with E-state index in [9.17, 15) is 0 Å². The minimum Gasteiger partial charge on any atom is -0.290 e. The number of nitrogens with zero attached hydrogens (tertiary/aromatic N) is 2. The third-order valence-corrected chi connectivity index (χ3v) is 4.03. The molecule has 3 rings (SSSR count). The van der Waals surface area contributed by atoms with Gasteiger partial charge in [-0.2, -0.15) is 0 Å². The van der Waals surface area contributed by atoms with Gasteiger partial charge in [-0.3, -0.25) is 9.88 Å². The molecule has 0 atom stereocenters. The van der Waals surface area contributed by atoms with Crippen LogP contribution in [-0.2, 0) is 13.1 Å². The van der Waals surface area contributed by atoms with E-state index in [1.165, 1.54) is 35.2 Å². The maximum Gasteiger partial charge on any atom is 0.0544 e. The Hall–Kier alpha value is -1.67. The number of hydrogen-bond acceptors (Lipinski definition) is 2. The summed E-state index contributed by atoms with van der Waals surface area (Å²) in [6.45, 7) is 6.37. The summed E-state index contributed by atoms with van der Waals surface area (Å²) in [4.78, 5) is 7.04. The monoisotopic (exact) mass is 266 g/mol. The van der Waals surface area contributed by atoms with Crippen molar-refractivity contribution in [2.45, 2.75) is 45.8 Å². The van der Waals surface area contributed by atoms with Gasteiger partial charge in [0, 0.05) is 25.3 Å². The first kappa shape index (κ1) is 13.3. The molecule has 0 aliphatic heterocycles. The van der Waals surface area contributed by atoms with E-state index in [4.69, 9.17) is 0 Å². The predicted octanol–water partition coefficient (Wildman–Crippen LogP) is 3.86. The summed E-state index contributed by atoms with van der Waals surface area (Å²) >= 11 is 0. The lowest BCUT2D eigenvalue weighted by Gasteiger charge is -2.23. The van der Waals surface area contributed by atoms with Crippen molar-refractivity contribution in [2.24, 2.45) is 0 Å². The van der Waals surface area contributed by atoms with E-state index in [0.717, 1.165) is 19.1 Å². The number of rotatable bonds is 5. The standard InChI is InChI=1S/C18H22N2/c1-14-6-7-15(2)16(11-14)12-20(18-8-9-18)13-17-5-3-4-10-19-17/h3-7,10-11,18H,8-9,12-13H2,1-2H3. The highest BCUT2D eigenvalue weighted by Crippen LogP contribution is 2.30. The summed E-state index contributed by atoms with van der Waals surface area (Å²) in [5.41, 5.74) is 5.36.